The summed E-state index contributed by atoms with van der Waals surface area (Å²) in [7, 11) is 0. The number of anilines is 1. The summed E-state index contributed by atoms with van der Waals surface area (Å²) < 4.78 is 0. The van der Waals surface area contributed by atoms with E-state index in [4.69, 9.17) is 0 Å². The first-order chi connectivity index (χ1) is 8.75. The molecule has 2 atom stereocenters. The first-order valence-electron chi connectivity index (χ1n) is 6.19. The van der Waals surface area contributed by atoms with Gasteiger partial charge in [-0.1, -0.05) is 13.0 Å². The first-order valence-corrected chi connectivity index (χ1v) is 6.19. The molecule has 94 valence electrons. The minimum Gasteiger partial charge on any atom is -0.325 e. The summed E-state index contributed by atoms with van der Waals surface area (Å²) in [4.78, 5) is 12.2. The molecule has 2 aromatic rings. The van der Waals surface area contributed by atoms with Crippen LogP contribution in [0.4, 0.5) is 5.69 Å². The Bertz CT molecular complexity index is 577. The zero-order chi connectivity index (χ0) is 12.5. The third-order valence-electron chi connectivity index (χ3n) is 3.60. The van der Waals surface area contributed by atoms with Crippen molar-refractivity contribution in [3.05, 3.63) is 24.4 Å². The predicted octanol–water partition coefficient (Wildman–Crippen LogP) is 1.36. The van der Waals surface area contributed by atoms with Crippen LogP contribution in [-0.4, -0.2) is 29.2 Å². The third-order valence-corrected chi connectivity index (χ3v) is 3.60. The van der Waals surface area contributed by atoms with Crippen LogP contribution >= 0.6 is 0 Å². The molecule has 1 fully saturated rings. The van der Waals surface area contributed by atoms with Gasteiger partial charge in [-0.05, 0) is 24.6 Å². The highest BCUT2D eigenvalue weighted by atomic mass is 16.1. The molecule has 1 aliphatic heterocycles. The number of aromatic amines is 1. The molecule has 0 radical (unpaired) electrons. The maximum Gasteiger partial charge on any atom is 0.229 e. The number of hydrogen-bond acceptors (Lipinski definition) is 3. The van der Waals surface area contributed by atoms with Crippen molar-refractivity contribution >= 4 is 22.5 Å². The lowest BCUT2D eigenvalue weighted by Gasteiger charge is -2.14. The van der Waals surface area contributed by atoms with Crippen LogP contribution in [0.1, 0.15) is 6.92 Å². The Balaban J connectivity index is 1.84. The Kier molecular flexibility index (Phi) is 2.76. The van der Waals surface area contributed by atoms with Crippen molar-refractivity contribution in [3.63, 3.8) is 0 Å². The standard InChI is InChI=1S/C13H16N4O/c1-8-5-14-6-9(8)13(18)16-11-3-2-4-12-10(11)7-15-17-12/h2-4,7-9,14H,5-6H2,1H3,(H,15,17)(H,16,18). The van der Waals surface area contributed by atoms with Gasteiger partial charge < -0.3 is 10.6 Å². The first kappa shape index (κ1) is 11.2. The molecule has 1 aliphatic rings. The van der Waals surface area contributed by atoms with Crippen LogP contribution in [0, 0.1) is 11.8 Å². The van der Waals surface area contributed by atoms with Crippen molar-refractivity contribution in [1.29, 1.82) is 0 Å². The number of benzene rings is 1. The van der Waals surface area contributed by atoms with Crippen LogP contribution in [0.5, 0.6) is 0 Å². The summed E-state index contributed by atoms with van der Waals surface area (Å²) in [5, 5.41) is 14.1. The number of carbonyl (C=O) groups is 1. The predicted molar refractivity (Wildman–Crippen MR) is 70.2 cm³/mol. The quantitative estimate of drug-likeness (QED) is 0.747. The van der Waals surface area contributed by atoms with Gasteiger partial charge in [0.15, 0.2) is 0 Å². The fourth-order valence-electron chi connectivity index (χ4n) is 2.46. The molecule has 3 rings (SSSR count). The van der Waals surface area contributed by atoms with E-state index < -0.39 is 0 Å². The lowest BCUT2D eigenvalue weighted by atomic mass is 9.97. The summed E-state index contributed by atoms with van der Waals surface area (Å²) in [5.41, 5.74) is 1.76. The maximum absolute atomic E-state index is 12.2. The second kappa shape index (κ2) is 4.42. The smallest absolute Gasteiger partial charge is 0.229 e. The van der Waals surface area contributed by atoms with Crippen molar-refractivity contribution in [1.82, 2.24) is 15.5 Å². The number of fused-ring (bicyclic) bond motifs is 1. The molecule has 5 nitrogen and oxygen atoms in total. The van der Waals surface area contributed by atoms with E-state index in [1.807, 2.05) is 18.2 Å². The second-order valence-corrected chi connectivity index (χ2v) is 4.87. The molecule has 1 saturated heterocycles. The van der Waals surface area contributed by atoms with Gasteiger partial charge in [-0.2, -0.15) is 5.10 Å². The molecule has 5 heteroatoms. The summed E-state index contributed by atoms with van der Waals surface area (Å²) in [6.45, 7) is 3.77. The molecular weight excluding hydrogens is 228 g/mol. The van der Waals surface area contributed by atoms with Gasteiger partial charge in [-0.3, -0.25) is 9.89 Å². The van der Waals surface area contributed by atoms with E-state index in [1.165, 1.54) is 0 Å². The van der Waals surface area contributed by atoms with Crippen molar-refractivity contribution in [3.8, 4) is 0 Å². The molecule has 0 saturated carbocycles. The molecule has 0 spiro atoms. The normalized spacial score (nSPS) is 23.4. The Morgan fingerprint density at radius 2 is 2.33 bits per heavy atom. The lowest BCUT2D eigenvalue weighted by molar-refractivity contribution is -0.120. The van der Waals surface area contributed by atoms with Crippen LogP contribution < -0.4 is 10.6 Å². The van der Waals surface area contributed by atoms with Gasteiger partial charge in [0.05, 0.1) is 23.3 Å². The van der Waals surface area contributed by atoms with Gasteiger partial charge in [-0.25, -0.2) is 0 Å². The molecule has 3 N–H and O–H groups in total. The average Bonchev–Trinajstić information content (AvgIpc) is 2.97. The number of rotatable bonds is 2. The lowest BCUT2D eigenvalue weighted by Crippen LogP contribution is -2.27. The van der Waals surface area contributed by atoms with E-state index in [0.717, 1.165) is 29.7 Å². The van der Waals surface area contributed by atoms with Gasteiger partial charge in [0.1, 0.15) is 0 Å². The summed E-state index contributed by atoms with van der Waals surface area (Å²) >= 11 is 0. The van der Waals surface area contributed by atoms with E-state index in [0.29, 0.717) is 5.92 Å². The minimum atomic E-state index is 0.0483. The fraction of sp³-hybridized carbons (Fsp3) is 0.385. The van der Waals surface area contributed by atoms with Crippen LogP contribution in [-0.2, 0) is 4.79 Å². The van der Waals surface area contributed by atoms with Gasteiger partial charge in [0.25, 0.3) is 0 Å². The zero-order valence-electron chi connectivity index (χ0n) is 10.2. The number of nitrogens with zero attached hydrogens (tertiary/aromatic N) is 1. The van der Waals surface area contributed by atoms with E-state index in [-0.39, 0.29) is 11.8 Å². The van der Waals surface area contributed by atoms with E-state index in [9.17, 15) is 4.79 Å². The van der Waals surface area contributed by atoms with Crippen molar-refractivity contribution < 1.29 is 4.79 Å². The molecule has 18 heavy (non-hydrogen) atoms. The number of nitrogens with one attached hydrogen (secondary N) is 3. The van der Waals surface area contributed by atoms with Crippen LogP contribution in [0.3, 0.4) is 0 Å². The minimum absolute atomic E-state index is 0.0483. The van der Waals surface area contributed by atoms with Crippen molar-refractivity contribution in [2.75, 3.05) is 18.4 Å². The van der Waals surface area contributed by atoms with Gasteiger partial charge in [0.2, 0.25) is 5.91 Å². The Morgan fingerprint density at radius 1 is 1.44 bits per heavy atom. The molecular formula is C13H16N4O. The number of carbonyl (C=O) groups excluding carboxylic acids is 1. The van der Waals surface area contributed by atoms with Crippen molar-refractivity contribution in [2.45, 2.75) is 6.92 Å². The van der Waals surface area contributed by atoms with Crippen LogP contribution in [0.25, 0.3) is 10.9 Å². The molecule has 2 unspecified atom stereocenters. The SMILES string of the molecule is CC1CNCC1C(=O)Nc1cccc2[nH]ncc12. The number of aromatic nitrogens is 2. The van der Waals surface area contributed by atoms with Gasteiger partial charge in [-0.15, -0.1) is 0 Å². The van der Waals surface area contributed by atoms with Crippen LogP contribution in [0.15, 0.2) is 24.4 Å². The molecule has 0 aliphatic carbocycles. The van der Waals surface area contributed by atoms with Crippen LogP contribution in [0.2, 0.25) is 0 Å². The molecule has 2 heterocycles. The van der Waals surface area contributed by atoms with Crippen molar-refractivity contribution in [2.24, 2.45) is 11.8 Å². The Labute approximate surface area is 105 Å². The number of hydrogen-bond donors (Lipinski definition) is 3. The average molecular weight is 244 g/mol. The number of H-pyrrole nitrogens is 1. The molecule has 1 aromatic carbocycles. The zero-order valence-corrected chi connectivity index (χ0v) is 10.2. The van der Waals surface area contributed by atoms with E-state index >= 15 is 0 Å². The highest BCUT2D eigenvalue weighted by molar-refractivity contribution is 6.01. The monoisotopic (exact) mass is 244 g/mol. The summed E-state index contributed by atoms with van der Waals surface area (Å²) in [5.74, 6) is 0.516. The maximum atomic E-state index is 12.2. The molecule has 1 aromatic heterocycles. The highest BCUT2D eigenvalue weighted by Crippen LogP contribution is 2.23. The Hall–Kier alpha value is -1.88. The summed E-state index contributed by atoms with van der Waals surface area (Å²) in [6.07, 6.45) is 1.74. The largest absolute Gasteiger partial charge is 0.325 e. The van der Waals surface area contributed by atoms with E-state index in [1.54, 1.807) is 6.20 Å². The number of amides is 1. The highest BCUT2D eigenvalue weighted by Gasteiger charge is 2.29. The fourth-order valence-corrected chi connectivity index (χ4v) is 2.46. The topological polar surface area (TPSA) is 69.8 Å². The molecule has 1 amide bonds. The molecule has 0 bridgehead atoms. The second-order valence-electron chi connectivity index (χ2n) is 4.87. The van der Waals surface area contributed by atoms with Gasteiger partial charge >= 0.3 is 0 Å². The summed E-state index contributed by atoms with van der Waals surface area (Å²) in [6, 6.07) is 5.76. The Morgan fingerprint density at radius 3 is 3.11 bits per heavy atom. The van der Waals surface area contributed by atoms with Gasteiger partial charge in [0, 0.05) is 11.9 Å². The third kappa shape index (κ3) is 1.86. The van der Waals surface area contributed by atoms with E-state index in [2.05, 4.69) is 27.8 Å².